The maximum atomic E-state index is 6.61. The highest BCUT2D eigenvalue weighted by molar-refractivity contribution is 6.42. The smallest absolute Gasteiger partial charge is 0.256 e. The highest BCUT2D eigenvalue weighted by atomic mass is 35.5. The topological polar surface area (TPSA) is 90.2 Å². The van der Waals surface area contributed by atoms with E-state index in [0.717, 1.165) is 22.5 Å². The Morgan fingerprint density at radius 2 is 1.61 bits per heavy atom. The third-order valence-corrected chi connectivity index (χ3v) is 5.55. The van der Waals surface area contributed by atoms with Gasteiger partial charge in [0.05, 0.1) is 16.0 Å². The van der Waals surface area contributed by atoms with E-state index in [1.165, 1.54) is 0 Å². The van der Waals surface area contributed by atoms with Crippen molar-refractivity contribution in [3.63, 3.8) is 0 Å². The van der Waals surface area contributed by atoms with Gasteiger partial charge in [-0.3, -0.25) is 4.99 Å². The molecule has 0 saturated carbocycles. The summed E-state index contributed by atoms with van der Waals surface area (Å²) >= 11 is 12.9. The van der Waals surface area contributed by atoms with Crippen LogP contribution in [0.2, 0.25) is 10.0 Å². The fourth-order valence-corrected chi connectivity index (χ4v) is 4.00. The Kier molecular flexibility index (Phi) is 4.81. The van der Waals surface area contributed by atoms with Crippen LogP contribution in [-0.4, -0.2) is 26.0 Å². The number of aromatic nitrogens is 4. The molecule has 4 rings (SSSR count). The van der Waals surface area contributed by atoms with E-state index in [-0.39, 0.29) is 11.8 Å². The zero-order valence-electron chi connectivity index (χ0n) is 15.7. The van der Waals surface area contributed by atoms with Crippen LogP contribution in [0.1, 0.15) is 54.7 Å². The Morgan fingerprint density at radius 1 is 0.893 bits per heavy atom. The number of rotatable bonds is 3. The Morgan fingerprint density at radius 3 is 2.25 bits per heavy atom. The SMILES string of the molecule is CC1=NC(C)=C(c2nc(C)no2)C(c2cccc(Cl)c2Cl)C1c1nc(C)no1. The van der Waals surface area contributed by atoms with E-state index in [9.17, 15) is 0 Å². The molecule has 1 aliphatic rings. The van der Waals surface area contributed by atoms with Gasteiger partial charge < -0.3 is 9.05 Å². The van der Waals surface area contributed by atoms with E-state index in [2.05, 4.69) is 20.3 Å². The number of halogens is 2. The predicted molar refractivity (Wildman–Crippen MR) is 106 cm³/mol. The van der Waals surface area contributed by atoms with E-state index in [1.807, 2.05) is 26.0 Å². The van der Waals surface area contributed by atoms with Gasteiger partial charge in [-0.25, -0.2) is 0 Å². The molecule has 2 unspecified atom stereocenters. The highest BCUT2D eigenvalue weighted by Crippen LogP contribution is 2.50. The van der Waals surface area contributed by atoms with Crippen molar-refractivity contribution < 1.29 is 9.05 Å². The lowest BCUT2D eigenvalue weighted by molar-refractivity contribution is 0.360. The largest absolute Gasteiger partial charge is 0.339 e. The van der Waals surface area contributed by atoms with Crippen LogP contribution < -0.4 is 0 Å². The zero-order chi connectivity index (χ0) is 20.0. The molecule has 0 fully saturated rings. The minimum atomic E-state index is -0.344. The number of benzene rings is 1. The number of nitrogens with zero attached hydrogens (tertiary/aromatic N) is 5. The van der Waals surface area contributed by atoms with Crippen LogP contribution in [0.3, 0.4) is 0 Å². The van der Waals surface area contributed by atoms with Gasteiger partial charge in [0, 0.05) is 22.9 Å². The van der Waals surface area contributed by atoms with E-state index in [1.54, 1.807) is 19.9 Å². The molecular weight excluding hydrogens is 401 g/mol. The van der Waals surface area contributed by atoms with Crippen molar-refractivity contribution in [1.82, 2.24) is 20.3 Å². The molecule has 144 valence electrons. The Balaban J connectivity index is 1.99. The summed E-state index contributed by atoms with van der Waals surface area (Å²) in [6.45, 7) is 7.36. The molecule has 0 bridgehead atoms. The quantitative estimate of drug-likeness (QED) is 0.584. The Bertz CT molecular complexity index is 1120. The minimum absolute atomic E-state index is 0.330. The maximum Gasteiger partial charge on any atom is 0.256 e. The molecule has 0 N–H and O–H groups in total. The maximum absolute atomic E-state index is 6.61. The third kappa shape index (κ3) is 3.14. The lowest BCUT2D eigenvalue weighted by Gasteiger charge is -2.31. The predicted octanol–water partition coefficient (Wildman–Crippen LogP) is 5.15. The first kappa shape index (κ1) is 18.8. The molecule has 9 heteroatoms. The number of hydrogen-bond donors (Lipinski definition) is 0. The van der Waals surface area contributed by atoms with Gasteiger partial charge in [-0.05, 0) is 39.3 Å². The first-order valence-electron chi connectivity index (χ1n) is 8.67. The van der Waals surface area contributed by atoms with Crippen LogP contribution in [0.15, 0.2) is 37.9 Å². The van der Waals surface area contributed by atoms with Crippen LogP contribution in [0.5, 0.6) is 0 Å². The summed E-state index contributed by atoms with van der Waals surface area (Å²) < 4.78 is 11.0. The molecule has 0 aliphatic carbocycles. The molecule has 2 atom stereocenters. The van der Waals surface area contributed by atoms with Crippen molar-refractivity contribution in [3.8, 4) is 0 Å². The van der Waals surface area contributed by atoms with Crippen molar-refractivity contribution in [3.05, 3.63) is 62.9 Å². The van der Waals surface area contributed by atoms with Crippen LogP contribution in [-0.2, 0) is 0 Å². The molecule has 0 amide bonds. The fraction of sp³-hybridized carbons (Fsp3) is 0.316. The van der Waals surface area contributed by atoms with Gasteiger partial charge in [-0.15, -0.1) is 0 Å². The second kappa shape index (κ2) is 7.14. The Hall–Kier alpha value is -2.51. The fourth-order valence-electron chi connectivity index (χ4n) is 3.58. The van der Waals surface area contributed by atoms with Gasteiger partial charge in [-0.1, -0.05) is 45.6 Å². The second-order valence-corrected chi connectivity index (χ2v) is 7.46. The van der Waals surface area contributed by atoms with Crippen LogP contribution in [0.25, 0.3) is 5.57 Å². The van der Waals surface area contributed by atoms with E-state index in [4.69, 9.17) is 37.2 Å². The summed E-state index contributed by atoms with van der Waals surface area (Å²) in [6, 6.07) is 5.52. The van der Waals surface area contributed by atoms with Crippen LogP contribution in [0, 0.1) is 13.8 Å². The van der Waals surface area contributed by atoms with E-state index < -0.39 is 0 Å². The van der Waals surface area contributed by atoms with Gasteiger partial charge in [-0.2, -0.15) is 9.97 Å². The van der Waals surface area contributed by atoms with Crippen LogP contribution in [0.4, 0.5) is 0 Å². The number of aryl methyl sites for hydroxylation is 2. The number of hydrogen-bond acceptors (Lipinski definition) is 7. The second-order valence-electron chi connectivity index (χ2n) is 6.68. The molecule has 7 nitrogen and oxygen atoms in total. The molecule has 28 heavy (non-hydrogen) atoms. The minimum Gasteiger partial charge on any atom is -0.339 e. The average Bonchev–Trinajstić information content (AvgIpc) is 3.25. The molecule has 0 radical (unpaired) electrons. The molecule has 2 aromatic heterocycles. The summed E-state index contributed by atoms with van der Waals surface area (Å²) in [5, 5.41) is 8.79. The monoisotopic (exact) mass is 417 g/mol. The molecular formula is C19H17Cl2N5O2. The van der Waals surface area contributed by atoms with E-state index in [0.29, 0.717) is 33.5 Å². The summed E-state index contributed by atoms with van der Waals surface area (Å²) in [7, 11) is 0. The van der Waals surface area contributed by atoms with Gasteiger partial charge in [0.2, 0.25) is 5.89 Å². The molecule has 0 spiro atoms. The van der Waals surface area contributed by atoms with Crippen molar-refractivity contribution in [2.75, 3.05) is 0 Å². The lowest BCUT2D eigenvalue weighted by Crippen LogP contribution is -2.25. The molecule has 3 aromatic rings. The lowest BCUT2D eigenvalue weighted by atomic mass is 9.75. The third-order valence-electron chi connectivity index (χ3n) is 4.71. The standard InChI is InChI=1S/C19H17Cl2N5O2/c1-8-14(18-23-10(3)25-27-18)16(12-6-5-7-13(20)17(12)21)15(9(2)22-8)19-24-11(4)26-28-19/h5-7,14,16H,1-4H3. The Labute approximate surface area is 171 Å². The summed E-state index contributed by atoms with van der Waals surface area (Å²) in [4.78, 5) is 13.6. The van der Waals surface area contributed by atoms with Gasteiger partial charge in [0.1, 0.15) is 0 Å². The molecule has 0 saturated heterocycles. The van der Waals surface area contributed by atoms with Crippen molar-refractivity contribution in [2.24, 2.45) is 4.99 Å². The average molecular weight is 418 g/mol. The van der Waals surface area contributed by atoms with Gasteiger partial charge in [0.25, 0.3) is 5.89 Å². The summed E-state index contributed by atoms with van der Waals surface area (Å²) in [6.07, 6.45) is 0. The summed E-state index contributed by atoms with van der Waals surface area (Å²) in [5.74, 6) is 1.23. The normalized spacial score (nSPS) is 19.9. The van der Waals surface area contributed by atoms with Crippen molar-refractivity contribution in [2.45, 2.75) is 39.5 Å². The number of aliphatic imine (C=N–C) groups is 1. The van der Waals surface area contributed by atoms with Crippen molar-refractivity contribution >= 4 is 34.5 Å². The van der Waals surface area contributed by atoms with E-state index >= 15 is 0 Å². The number of allylic oxidation sites excluding steroid dienone is 2. The summed E-state index contributed by atoms with van der Waals surface area (Å²) in [5.41, 5.74) is 3.14. The first-order valence-corrected chi connectivity index (χ1v) is 9.43. The van der Waals surface area contributed by atoms with Crippen molar-refractivity contribution in [1.29, 1.82) is 0 Å². The van der Waals surface area contributed by atoms with Crippen LogP contribution >= 0.6 is 23.2 Å². The highest BCUT2D eigenvalue weighted by Gasteiger charge is 2.41. The van der Waals surface area contributed by atoms with Gasteiger partial charge >= 0.3 is 0 Å². The molecule has 1 aliphatic heterocycles. The zero-order valence-corrected chi connectivity index (χ0v) is 17.2. The van der Waals surface area contributed by atoms with Gasteiger partial charge in [0.15, 0.2) is 11.6 Å². The molecule has 3 heterocycles. The first-order chi connectivity index (χ1) is 13.4. The molecule has 1 aromatic carbocycles.